The van der Waals surface area contributed by atoms with E-state index in [1.807, 2.05) is 13.8 Å². The Bertz CT molecular complexity index is 504. The molecule has 1 fully saturated rings. The molecule has 1 saturated heterocycles. The maximum absolute atomic E-state index is 12.7. The second-order valence-electron chi connectivity index (χ2n) is 7.46. The summed E-state index contributed by atoms with van der Waals surface area (Å²) < 4.78 is 15.2. The van der Waals surface area contributed by atoms with Crippen LogP contribution in [0.3, 0.4) is 0 Å². The predicted octanol–water partition coefficient (Wildman–Crippen LogP) is 0.0708. The molecule has 0 radical (unpaired) electrons. The Hall–Kier alpha value is -1.35. The molecule has 0 aromatic heterocycles. The first-order valence-electron chi connectivity index (χ1n) is 8.89. The van der Waals surface area contributed by atoms with Crippen LogP contribution in [-0.2, 0) is 28.6 Å². The Balaban J connectivity index is 2.78. The Morgan fingerprint density at radius 1 is 1.19 bits per heavy atom. The van der Waals surface area contributed by atoms with E-state index < -0.39 is 29.5 Å². The summed E-state index contributed by atoms with van der Waals surface area (Å²) in [6.45, 7) is 6.18. The molecule has 1 heterocycles. The monoisotopic (exact) mass is 372 g/mol. The number of carbonyl (C=O) groups excluding carboxylic acids is 3. The lowest BCUT2D eigenvalue weighted by molar-refractivity contribution is -0.135. The van der Waals surface area contributed by atoms with E-state index in [1.54, 1.807) is 6.92 Å². The summed E-state index contributed by atoms with van der Waals surface area (Å²) >= 11 is 0. The number of ketones is 2. The first-order chi connectivity index (χ1) is 12.1. The maximum atomic E-state index is 12.7. The number of rotatable bonds is 13. The molecular formula is C18H32N2O6. The molecule has 0 aliphatic carbocycles. The summed E-state index contributed by atoms with van der Waals surface area (Å²) in [7, 11) is 2.91. The molecule has 0 bridgehead atoms. The van der Waals surface area contributed by atoms with Crippen molar-refractivity contribution in [2.75, 3.05) is 34.0 Å². The van der Waals surface area contributed by atoms with Crippen LogP contribution in [0.4, 0.5) is 0 Å². The SMILES string of the molecule is COC[C@H](CC(=O)[C@@H](N)COC)C(=O)N[C@@H](CC(C)C)C(=O)[C@@]1(C)CO1. The van der Waals surface area contributed by atoms with Crippen molar-refractivity contribution in [2.24, 2.45) is 17.6 Å². The number of hydrogen-bond donors (Lipinski definition) is 2. The number of methoxy groups -OCH3 is 2. The number of Topliss-reactive ketones (excluding diaryl/α,β-unsaturated/α-hetero) is 2. The molecule has 4 atom stereocenters. The molecule has 0 aromatic rings. The molecule has 0 aromatic carbocycles. The van der Waals surface area contributed by atoms with Crippen molar-refractivity contribution in [2.45, 2.75) is 51.3 Å². The standard InChI is InChI=1S/C18H32N2O6/c1-11(2)6-14(16(22)18(3)10-26-18)20-17(23)12(8-24-4)7-15(21)13(19)9-25-5/h11-14H,6-10,19H2,1-5H3,(H,20,23)/t12-,13-,14-,18+/m0/s1. The van der Waals surface area contributed by atoms with Gasteiger partial charge in [-0.3, -0.25) is 14.4 Å². The minimum absolute atomic E-state index is 0.0631. The third-order valence-corrected chi connectivity index (χ3v) is 4.38. The van der Waals surface area contributed by atoms with E-state index in [0.29, 0.717) is 13.0 Å². The van der Waals surface area contributed by atoms with Gasteiger partial charge >= 0.3 is 0 Å². The molecule has 0 saturated carbocycles. The van der Waals surface area contributed by atoms with Crippen molar-refractivity contribution in [3.8, 4) is 0 Å². The molecule has 8 nitrogen and oxygen atoms in total. The average Bonchev–Trinajstić information content (AvgIpc) is 3.31. The van der Waals surface area contributed by atoms with Gasteiger partial charge in [0.25, 0.3) is 0 Å². The van der Waals surface area contributed by atoms with Crippen LogP contribution in [-0.4, -0.2) is 69.2 Å². The van der Waals surface area contributed by atoms with Gasteiger partial charge in [-0.2, -0.15) is 0 Å². The topological polar surface area (TPSA) is 120 Å². The molecule has 8 heteroatoms. The maximum Gasteiger partial charge on any atom is 0.226 e. The van der Waals surface area contributed by atoms with E-state index >= 15 is 0 Å². The highest BCUT2D eigenvalue weighted by molar-refractivity contribution is 5.97. The summed E-state index contributed by atoms with van der Waals surface area (Å²) in [5.74, 6) is -1.32. The Morgan fingerprint density at radius 3 is 2.23 bits per heavy atom. The zero-order chi connectivity index (χ0) is 19.9. The van der Waals surface area contributed by atoms with Gasteiger partial charge in [-0.05, 0) is 19.3 Å². The van der Waals surface area contributed by atoms with Gasteiger partial charge in [-0.1, -0.05) is 13.8 Å². The van der Waals surface area contributed by atoms with Crippen LogP contribution in [0.25, 0.3) is 0 Å². The third-order valence-electron chi connectivity index (χ3n) is 4.38. The fraction of sp³-hybridized carbons (Fsp3) is 0.833. The molecule has 150 valence electrons. The second kappa shape index (κ2) is 10.1. The van der Waals surface area contributed by atoms with Crippen LogP contribution in [0, 0.1) is 11.8 Å². The van der Waals surface area contributed by atoms with Crippen LogP contribution in [0.5, 0.6) is 0 Å². The summed E-state index contributed by atoms with van der Waals surface area (Å²) in [6.07, 6.45) is 0.431. The lowest BCUT2D eigenvalue weighted by atomic mass is 9.92. The predicted molar refractivity (Wildman–Crippen MR) is 95.6 cm³/mol. The van der Waals surface area contributed by atoms with Gasteiger partial charge < -0.3 is 25.3 Å². The van der Waals surface area contributed by atoms with Crippen molar-refractivity contribution in [1.29, 1.82) is 0 Å². The largest absolute Gasteiger partial charge is 0.384 e. The van der Waals surface area contributed by atoms with Gasteiger partial charge in [0, 0.05) is 20.6 Å². The Labute approximate surface area is 155 Å². The first kappa shape index (κ1) is 22.7. The van der Waals surface area contributed by atoms with E-state index in [2.05, 4.69) is 5.32 Å². The molecule has 0 spiro atoms. The van der Waals surface area contributed by atoms with Crippen LogP contribution >= 0.6 is 0 Å². The molecule has 1 amide bonds. The Kier molecular flexibility index (Phi) is 8.82. The third kappa shape index (κ3) is 6.75. The molecule has 1 rings (SSSR count). The molecule has 1 aliphatic rings. The van der Waals surface area contributed by atoms with Crippen molar-refractivity contribution in [3.63, 3.8) is 0 Å². The molecular weight excluding hydrogens is 340 g/mol. The number of amides is 1. The quantitative estimate of drug-likeness (QED) is 0.439. The lowest BCUT2D eigenvalue weighted by Crippen LogP contribution is -2.50. The number of carbonyl (C=O) groups is 3. The highest BCUT2D eigenvalue weighted by Gasteiger charge is 2.50. The summed E-state index contributed by atoms with van der Waals surface area (Å²) in [4.78, 5) is 37.5. The van der Waals surface area contributed by atoms with Gasteiger partial charge in [0.1, 0.15) is 5.60 Å². The Morgan fingerprint density at radius 2 is 1.77 bits per heavy atom. The highest BCUT2D eigenvalue weighted by Crippen LogP contribution is 2.29. The van der Waals surface area contributed by atoms with Gasteiger partial charge in [0.15, 0.2) is 11.6 Å². The second-order valence-corrected chi connectivity index (χ2v) is 7.46. The van der Waals surface area contributed by atoms with Gasteiger partial charge in [0.05, 0.1) is 37.8 Å². The van der Waals surface area contributed by atoms with Crippen LogP contribution < -0.4 is 11.1 Å². The fourth-order valence-corrected chi connectivity index (χ4v) is 2.71. The van der Waals surface area contributed by atoms with Crippen molar-refractivity contribution >= 4 is 17.5 Å². The number of hydrogen-bond acceptors (Lipinski definition) is 7. The van der Waals surface area contributed by atoms with E-state index in [0.717, 1.165) is 0 Å². The number of ether oxygens (including phenoxy) is 3. The zero-order valence-electron chi connectivity index (χ0n) is 16.4. The van der Waals surface area contributed by atoms with E-state index in [1.165, 1.54) is 14.2 Å². The van der Waals surface area contributed by atoms with E-state index in [4.69, 9.17) is 19.9 Å². The van der Waals surface area contributed by atoms with Crippen molar-refractivity contribution in [3.05, 3.63) is 0 Å². The van der Waals surface area contributed by atoms with E-state index in [-0.39, 0.29) is 37.1 Å². The van der Waals surface area contributed by atoms with Gasteiger partial charge in [-0.15, -0.1) is 0 Å². The summed E-state index contributed by atoms with van der Waals surface area (Å²) in [5, 5.41) is 2.78. The van der Waals surface area contributed by atoms with E-state index in [9.17, 15) is 14.4 Å². The number of nitrogens with two attached hydrogens (primary N) is 1. The van der Waals surface area contributed by atoms with Crippen LogP contribution in [0.15, 0.2) is 0 Å². The smallest absolute Gasteiger partial charge is 0.226 e. The molecule has 26 heavy (non-hydrogen) atoms. The molecule has 3 N–H and O–H groups in total. The fourth-order valence-electron chi connectivity index (χ4n) is 2.71. The van der Waals surface area contributed by atoms with Crippen LogP contribution in [0.1, 0.15) is 33.6 Å². The number of epoxide rings is 1. The lowest BCUT2D eigenvalue weighted by Gasteiger charge is -2.24. The normalized spacial score (nSPS) is 22.6. The van der Waals surface area contributed by atoms with Gasteiger partial charge in [-0.25, -0.2) is 0 Å². The minimum Gasteiger partial charge on any atom is -0.384 e. The summed E-state index contributed by atoms with van der Waals surface area (Å²) in [6, 6.07) is -1.45. The minimum atomic E-state index is -0.819. The van der Waals surface area contributed by atoms with Crippen molar-refractivity contribution in [1.82, 2.24) is 5.32 Å². The van der Waals surface area contributed by atoms with Crippen LogP contribution in [0.2, 0.25) is 0 Å². The average molecular weight is 372 g/mol. The van der Waals surface area contributed by atoms with Gasteiger partial charge in [0.2, 0.25) is 5.91 Å². The molecule has 1 aliphatic heterocycles. The highest BCUT2D eigenvalue weighted by atomic mass is 16.6. The summed E-state index contributed by atoms with van der Waals surface area (Å²) in [5.41, 5.74) is 4.92. The zero-order valence-corrected chi connectivity index (χ0v) is 16.4. The first-order valence-corrected chi connectivity index (χ1v) is 8.89. The number of nitrogens with one attached hydrogen (secondary N) is 1. The van der Waals surface area contributed by atoms with Crippen molar-refractivity contribution < 1.29 is 28.6 Å². The molecule has 0 unspecified atom stereocenters.